The molecule has 0 aromatic heterocycles. The molecular weight excluding hydrogens is 256 g/mol. The highest BCUT2D eigenvalue weighted by atomic mass is 28.4. The van der Waals surface area contributed by atoms with Crippen LogP contribution in [0.2, 0.25) is 12.1 Å². The number of hydrogen-bond donors (Lipinski definition) is 2. The van der Waals surface area contributed by atoms with E-state index in [0.717, 1.165) is 50.8 Å². The van der Waals surface area contributed by atoms with Gasteiger partial charge in [0.05, 0.1) is 0 Å². The van der Waals surface area contributed by atoms with Gasteiger partial charge in [-0.2, -0.15) is 0 Å². The van der Waals surface area contributed by atoms with Crippen molar-refractivity contribution in [3.05, 3.63) is 0 Å². The van der Waals surface area contributed by atoms with Crippen molar-refractivity contribution in [2.45, 2.75) is 71.1 Å². The highest BCUT2D eigenvalue weighted by Crippen LogP contribution is 2.26. The second kappa shape index (κ2) is 11.8. The molecule has 0 aliphatic carbocycles. The molecule has 0 aliphatic heterocycles. The highest BCUT2D eigenvalue weighted by molar-refractivity contribution is 6.67. The molecule has 0 aromatic rings. The molecule has 0 rings (SSSR count). The fourth-order valence-electron chi connectivity index (χ4n) is 2.30. The van der Waals surface area contributed by atoms with E-state index in [1.54, 1.807) is 0 Å². The van der Waals surface area contributed by atoms with Crippen molar-refractivity contribution < 1.29 is 8.85 Å². The molecule has 2 unspecified atom stereocenters. The Hall–Kier alpha value is 0.0569. The summed E-state index contributed by atoms with van der Waals surface area (Å²) in [5, 5.41) is 0. The maximum absolute atomic E-state index is 6.45. The van der Waals surface area contributed by atoms with Gasteiger partial charge in [-0.15, -0.1) is 0 Å². The van der Waals surface area contributed by atoms with Gasteiger partial charge in [-0.3, -0.25) is 0 Å². The molecule has 0 spiro atoms. The molecule has 0 saturated heterocycles. The number of hydrogen-bond acceptors (Lipinski definition) is 4. The Morgan fingerprint density at radius 3 is 2.21 bits per heavy atom. The van der Waals surface area contributed by atoms with E-state index in [4.69, 9.17) is 20.3 Å². The third kappa shape index (κ3) is 8.04. The van der Waals surface area contributed by atoms with Gasteiger partial charge in [-0.05, 0) is 50.9 Å². The van der Waals surface area contributed by atoms with Crippen molar-refractivity contribution in [1.29, 1.82) is 0 Å². The minimum absolute atomic E-state index is 0.248. The van der Waals surface area contributed by atoms with E-state index in [-0.39, 0.29) is 6.10 Å². The maximum atomic E-state index is 6.45. The van der Waals surface area contributed by atoms with Crippen LogP contribution in [0.3, 0.4) is 0 Å². The maximum Gasteiger partial charge on any atom is 0.338 e. The smallest absolute Gasteiger partial charge is 0.338 e. The molecule has 4 nitrogen and oxygen atoms in total. The summed E-state index contributed by atoms with van der Waals surface area (Å²) in [6, 6.07) is 2.08. The fourth-order valence-corrected chi connectivity index (χ4v) is 6.11. The van der Waals surface area contributed by atoms with E-state index < -0.39 is 8.56 Å². The first-order chi connectivity index (χ1) is 9.17. The Labute approximate surface area is 120 Å². The second-order valence-corrected chi connectivity index (χ2v) is 8.47. The Morgan fingerprint density at radius 1 is 1.00 bits per heavy atom. The molecule has 4 N–H and O–H groups in total. The molecule has 0 saturated carbocycles. The zero-order valence-electron chi connectivity index (χ0n) is 13.1. The van der Waals surface area contributed by atoms with Gasteiger partial charge in [0.15, 0.2) is 0 Å². The van der Waals surface area contributed by atoms with Gasteiger partial charge < -0.3 is 20.3 Å². The van der Waals surface area contributed by atoms with E-state index in [0.29, 0.717) is 13.1 Å². The molecule has 116 valence electrons. The van der Waals surface area contributed by atoms with Gasteiger partial charge >= 0.3 is 8.56 Å². The van der Waals surface area contributed by atoms with Crippen LogP contribution in [0.4, 0.5) is 0 Å². The first-order valence-electron chi connectivity index (χ1n) is 7.89. The van der Waals surface area contributed by atoms with Gasteiger partial charge in [-0.25, -0.2) is 0 Å². The molecular formula is C14H34N2O2Si. The molecule has 2 atom stereocenters. The summed E-state index contributed by atoms with van der Waals surface area (Å²) in [6.07, 6.45) is 5.32. The van der Waals surface area contributed by atoms with Crippen molar-refractivity contribution in [2.24, 2.45) is 11.5 Å². The minimum atomic E-state index is -2.09. The highest BCUT2D eigenvalue weighted by Gasteiger charge is 2.38. The Morgan fingerprint density at radius 2 is 1.74 bits per heavy atom. The van der Waals surface area contributed by atoms with Crippen LogP contribution in [-0.2, 0) is 8.85 Å². The zero-order chi connectivity index (χ0) is 14.6. The average molecular weight is 291 g/mol. The molecule has 0 aromatic carbocycles. The van der Waals surface area contributed by atoms with Crippen LogP contribution in [-0.4, -0.2) is 34.4 Å². The van der Waals surface area contributed by atoms with Gasteiger partial charge in [-0.1, -0.05) is 27.2 Å². The van der Waals surface area contributed by atoms with Gasteiger partial charge in [0.2, 0.25) is 0 Å². The second-order valence-electron chi connectivity index (χ2n) is 5.13. The normalized spacial score (nSPS) is 16.3. The summed E-state index contributed by atoms with van der Waals surface area (Å²) in [5.74, 6) is 0. The molecule has 0 bridgehead atoms. The summed E-state index contributed by atoms with van der Waals surface area (Å²) >= 11 is 0. The van der Waals surface area contributed by atoms with Crippen LogP contribution in [0.5, 0.6) is 0 Å². The lowest BCUT2D eigenvalue weighted by atomic mass is 10.2. The molecule has 5 heteroatoms. The van der Waals surface area contributed by atoms with Crippen molar-refractivity contribution >= 4 is 8.56 Å². The quantitative estimate of drug-likeness (QED) is 0.512. The predicted octanol–water partition coefficient (Wildman–Crippen LogP) is 2.76. The van der Waals surface area contributed by atoms with Crippen LogP contribution in [0.1, 0.15) is 52.9 Å². The van der Waals surface area contributed by atoms with Crippen LogP contribution in [0.15, 0.2) is 0 Å². The Bertz CT molecular complexity index is 198. The lowest BCUT2D eigenvalue weighted by Gasteiger charge is -2.34. The molecule has 0 radical (unpaired) electrons. The Kier molecular flexibility index (Phi) is 11.9. The number of rotatable bonds is 13. The van der Waals surface area contributed by atoms with Crippen molar-refractivity contribution in [3.8, 4) is 0 Å². The van der Waals surface area contributed by atoms with E-state index in [1.807, 2.05) is 0 Å². The monoisotopic (exact) mass is 290 g/mol. The van der Waals surface area contributed by atoms with Gasteiger partial charge in [0.25, 0.3) is 0 Å². The van der Waals surface area contributed by atoms with E-state index in [1.165, 1.54) is 0 Å². The lowest BCUT2D eigenvalue weighted by Crippen LogP contribution is -2.46. The summed E-state index contributed by atoms with van der Waals surface area (Å²) in [5.41, 5.74) is 11.3. The van der Waals surface area contributed by atoms with Crippen LogP contribution in [0.25, 0.3) is 0 Å². The number of nitrogens with two attached hydrogens (primary N) is 2. The third-order valence-corrected chi connectivity index (χ3v) is 7.16. The third-order valence-electron chi connectivity index (χ3n) is 3.29. The zero-order valence-corrected chi connectivity index (χ0v) is 14.1. The summed E-state index contributed by atoms with van der Waals surface area (Å²) in [4.78, 5) is 0. The topological polar surface area (TPSA) is 70.5 Å². The van der Waals surface area contributed by atoms with Crippen molar-refractivity contribution in [3.63, 3.8) is 0 Å². The summed E-state index contributed by atoms with van der Waals surface area (Å²) < 4.78 is 12.7. The molecule has 0 fully saturated rings. The molecule has 19 heavy (non-hydrogen) atoms. The predicted molar refractivity (Wildman–Crippen MR) is 84.4 cm³/mol. The van der Waals surface area contributed by atoms with Gasteiger partial charge in [0, 0.05) is 12.7 Å². The minimum Gasteiger partial charge on any atom is -0.394 e. The van der Waals surface area contributed by atoms with Crippen molar-refractivity contribution in [1.82, 2.24) is 0 Å². The first kappa shape index (κ1) is 19.1. The fraction of sp³-hybridized carbons (Fsp3) is 1.00. The summed E-state index contributed by atoms with van der Waals surface area (Å²) in [7, 11) is -2.09. The molecule has 0 heterocycles. The standard InChI is InChI=1S/C14H34N2O2Si/c1-4-11-17-19(12-5-2,13-7-9-15)18-14(6-3)8-10-16/h14H,4-13,15-16H2,1-3H3. The molecule has 0 amide bonds. The van der Waals surface area contributed by atoms with Crippen LogP contribution >= 0.6 is 0 Å². The van der Waals surface area contributed by atoms with E-state index in [9.17, 15) is 0 Å². The largest absolute Gasteiger partial charge is 0.394 e. The first-order valence-corrected chi connectivity index (χ1v) is 10.1. The van der Waals surface area contributed by atoms with Crippen molar-refractivity contribution in [2.75, 3.05) is 19.7 Å². The lowest BCUT2D eigenvalue weighted by molar-refractivity contribution is 0.103. The van der Waals surface area contributed by atoms with Crippen LogP contribution in [0, 0.1) is 0 Å². The van der Waals surface area contributed by atoms with E-state index in [2.05, 4.69) is 20.8 Å². The molecule has 0 aliphatic rings. The average Bonchev–Trinajstić information content (AvgIpc) is 2.42. The summed E-state index contributed by atoms with van der Waals surface area (Å²) in [6.45, 7) is 8.70. The van der Waals surface area contributed by atoms with Gasteiger partial charge in [0.1, 0.15) is 0 Å². The Balaban J connectivity index is 4.72. The van der Waals surface area contributed by atoms with E-state index >= 15 is 0 Å². The van der Waals surface area contributed by atoms with Crippen LogP contribution < -0.4 is 11.5 Å². The SMILES string of the molecule is CCCO[Si](CCC)(CCCN)OC(CC)CCN.